The molecule has 0 fully saturated rings. The number of ether oxygens (including phenoxy) is 1. The summed E-state index contributed by atoms with van der Waals surface area (Å²) in [6, 6.07) is 0. The minimum Gasteiger partial charge on any atom is -0.453 e. The van der Waals surface area contributed by atoms with Crippen molar-refractivity contribution < 1.29 is 14.3 Å². The fraction of sp³-hybridized carbons (Fsp3) is 0.500. The Hall–Kier alpha value is -1.58. The summed E-state index contributed by atoms with van der Waals surface area (Å²) in [5.41, 5.74) is 2.38. The lowest BCUT2D eigenvalue weighted by molar-refractivity contribution is -0.113. The van der Waals surface area contributed by atoms with Gasteiger partial charge in [0.25, 0.3) is 0 Å². The van der Waals surface area contributed by atoms with Gasteiger partial charge in [0.2, 0.25) is 0 Å². The maximum atomic E-state index is 11.4. The first kappa shape index (κ1) is 12.5. The molecule has 0 aromatic heterocycles. The summed E-state index contributed by atoms with van der Waals surface area (Å²) < 4.78 is 4.52. The smallest absolute Gasteiger partial charge is 0.411 e. The van der Waals surface area contributed by atoms with Crippen LogP contribution in [0.4, 0.5) is 4.79 Å². The first-order valence-corrected chi connectivity index (χ1v) is 5.19. The lowest BCUT2D eigenvalue weighted by Gasteiger charge is -2.09. The van der Waals surface area contributed by atoms with Crippen molar-refractivity contribution in [3.05, 3.63) is 23.4 Å². The van der Waals surface area contributed by atoms with E-state index in [1.54, 1.807) is 0 Å². The number of hydrogen-bond acceptors (Lipinski definition) is 3. The van der Waals surface area contributed by atoms with Crippen LogP contribution in [0.1, 0.15) is 26.7 Å². The molecule has 0 aliphatic heterocycles. The zero-order chi connectivity index (χ0) is 12.3. The van der Waals surface area contributed by atoms with Gasteiger partial charge in [0.1, 0.15) is 0 Å². The van der Waals surface area contributed by atoms with Gasteiger partial charge in [-0.25, -0.2) is 4.79 Å². The average Bonchev–Trinajstić information content (AvgIpc) is 2.61. The molecular weight excluding hydrogens is 206 g/mol. The van der Waals surface area contributed by atoms with Gasteiger partial charge in [-0.05, 0) is 32.6 Å². The Morgan fingerprint density at radius 1 is 1.38 bits per heavy atom. The number of alkyl carbamates (subject to hydrolysis) is 1. The summed E-state index contributed by atoms with van der Waals surface area (Å²) in [6.45, 7) is 7.33. The number of amides is 1. The Balaban J connectivity index is 2.83. The van der Waals surface area contributed by atoms with Crippen LogP contribution in [0.3, 0.4) is 0 Å². The standard InChI is InChI=1S/C12H17NO3/c1-7(2)9-5-10(8(3)14)11(6-9)13-12(15)16-4/h9H,1,5-6H2,2-4H3,(H,13,15). The van der Waals surface area contributed by atoms with E-state index in [4.69, 9.17) is 0 Å². The summed E-state index contributed by atoms with van der Waals surface area (Å²) in [6.07, 6.45) is 0.777. The highest BCUT2D eigenvalue weighted by Crippen LogP contribution is 2.34. The van der Waals surface area contributed by atoms with Gasteiger partial charge >= 0.3 is 6.09 Å². The fourth-order valence-electron chi connectivity index (χ4n) is 1.82. The minimum atomic E-state index is -0.531. The molecule has 1 N–H and O–H groups in total. The first-order chi connectivity index (χ1) is 7.45. The van der Waals surface area contributed by atoms with Crippen LogP contribution in [0.5, 0.6) is 0 Å². The molecule has 1 rings (SSSR count). The first-order valence-electron chi connectivity index (χ1n) is 5.19. The van der Waals surface area contributed by atoms with Gasteiger partial charge in [-0.15, -0.1) is 0 Å². The monoisotopic (exact) mass is 223 g/mol. The molecule has 16 heavy (non-hydrogen) atoms. The van der Waals surface area contributed by atoms with E-state index in [-0.39, 0.29) is 11.7 Å². The topological polar surface area (TPSA) is 55.4 Å². The largest absolute Gasteiger partial charge is 0.453 e. The summed E-state index contributed by atoms with van der Waals surface area (Å²) in [7, 11) is 1.30. The quantitative estimate of drug-likeness (QED) is 0.746. The molecule has 4 nitrogen and oxygen atoms in total. The van der Waals surface area contributed by atoms with Crippen molar-refractivity contribution in [2.45, 2.75) is 26.7 Å². The van der Waals surface area contributed by atoms with Crippen LogP contribution >= 0.6 is 0 Å². The Labute approximate surface area is 95.4 Å². The second-order valence-corrected chi connectivity index (χ2v) is 4.08. The number of nitrogens with one attached hydrogen (secondary N) is 1. The zero-order valence-electron chi connectivity index (χ0n) is 9.92. The molecule has 88 valence electrons. The number of hydrogen-bond donors (Lipinski definition) is 1. The number of carbonyl (C=O) groups is 2. The fourth-order valence-corrected chi connectivity index (χ4v) is 1.82. The Kier molecular flexibility index (Phi) is 3.88. The highest BCUT2D eigenvalue weighted by molar-refractivity contribution is 5.95. The minimum absolute atomic E-state index is 0.00449. The molecule has 1 unspecified atom stereocenters. The highest BCUT2D eigenvalue weighted by atomic mass is 16.5. The molecule has 0 spiro atoms. The van der Waals surface area contributed by atoms with E-state index in [9.17, 15) is 9.59 Å². The maximum Gasteiger partial charge on any atom is 0.411 e. The third-order valence-electron chi connectivity index (χ3n) is 2.83. The summed E-state index contributed by atoms with van der Waals surface area (Å²) >= 11 is 0. The van der Waals surface area contributed by atoms with Crippen molar-refractivity contribution in [1.29, 1.82) is 0 Å². The lowest BCUT2D eigenvalue weighted by Crippen LogP contribution is -2.23. The molecule has 0 saturated heterocycles. The van der Waals surface area contributed by atoms with Crippen molar-refractivity contribution in [3.8, 4) is 0 Å². The predicted octanol–water partition coefficient (Wildman–Crippen LogP) is 2.17. The van der Waals surface area contributed by atoms with E-state index in [1.165, 1.54) is 14.0 Å². The third-order valence-corrected chi connectivity index (χ3v) is 2.83. The highest BCUT2D eigenvalue weighted by Gasteiger charge is 2.28. The molecule has 1 aliphatic rings. The second-order valence-electron chi connectivity index (χ2n) is 4.08. The van der Waals surface area contributed by atoms with Gasteiger partial charge < -0.3 is 4.74 Å². The van der Waals surface area contributed by atoms with Gasteiger partial charge in [0.15, 0.2) is 5.78 Å². The van der Waals surface area contributed by atoms with Gasteiger partial charge in [-0.1, -0.05) is 12.2 Å². The second kappa shape index (κ2) is 4.96. The number of carbonyl (C=O) groups excluding carboxylic acids is 2. The van der Waals surface area contributed by atoms with E-state index in [0.29, 0.717) is 24.1 Å². The number of Topliss-reactive ketones (excluding diaryl/α,β-unsaturated/α-hetero) is 1. The SMILES string of the molecule is C=C(C)C1CC(NC(=O)OC)=C(C(C)=O)C1. The molecule has 4 heteroatoms. The van der Waals surface area contributed by atoms with Crippen LogP contribution in [0, 0.1) is 5.92 Å². The Bertz CT molecular complexity index is 368. The van der Waals surface area contributed by atoms with Gasteiger partial charge in [0.05, 0.1) is 7.11 Å². The molecule has 0 heterocycles. The normalized spacial score (nSPS) is 19.6. The van der Waals surface area contributed by atoms with E-state index in [1.807, 2.05) is 6.92 Å². The van der Waals surface area contributed by atoms with Crippen molar-refractivity contribution in [1.82, 2.24) is 5.32 Å². The van der Waals surface area contributed by atoms with Crippen LogP contribution < -0.4 is 5.32 Å². The molecule has 0 radical (unpaired) electrons. The van der Waals surface area contributed by atoms with Crippen molar-refractivity contribution in [2.75, 3.05) is 7.11 Å². The van der Waals surface area contributed by atoms with E-state index >= 15 is 0 Å². The molecule has 0 aromatic carbocycles. The number of rotatable bonds is 3. The van der Waals surface area contributed by atoms with Crippen molar-refractivity contribution in [2.24, 2.45) is 5.92 Å². The summed E-state index contributed by atoms with van der Waals surface area (Å²) in [4.78, 5) is 22.5. The Morgan fingerprint density at radius 2 is 2.00 bits per heavy atom. The number of allylic oxidation sites excluding steroid dienone is 3. The van der Waals surface area contributed by atoms with Crippen LogP contribution in [0.25, 0.3) is 0 Å². The molecule has 0 bridgehead atoms. The lowest BCUT2D eigenvalue weighted by atomic mass is 9.97. The van der Waals surface area contributed by atoms with E-state index in [0.717, 1.165) is 5.57 Å². The molecule has 0 aromatic rings. The van der Waals surface area contributed by atoms with Gasteiger partial charge in [-0.3, -0.25) is 10.1 Å². The molecule has 1 amide bonds. The van der Waals surface area contributed by atoms with Crippen molar-refractivity contribution in [3.63, 3.8) is 0 Å². The third kappa shape index (κ3) is 2.72. The van der Waals surface area contributed by atoms with E-state index < -0.39 is 6.09 Å². The van der Waals surface area contributed by atoms with Crippen LogP contribution in [0.15, 0.2) is 23.4 Å². The zero-order valence-corrected chi connectivity index (χ0v) is 9.92. The van der Waals surface area contributed by atoms with E-state index in [2.05, 4.69) is 16.6 Å². The van der Waals surface area contributed by atoms with Crippen LogP contribution in [0.2, 0.25) is 0 Å². The van der Waals surface area contributed by atoms with Crippen LogP contribution in [-0.2, 0) is 9.53 Å². The van der Waals surface area contributed by atoms with Gasteiger partial charge in [-0.2, -0.15) is 0 Å². The van der Waals surface area contributed by atoms with Crippen molar-refractivity contribution >= 4 is 11.9 Å². The molecule has 1 aliphatic carbocycles. The summed E-state index contributed by atoms with van der Waals surface area (Å²) in [5.74, 6) is 0.237. The molecule has 1 atom stereocenters. The van der Waals surface area contributed by atoms with Crippen LogP contribution in [-0.4, -0.2) is 19.0 Å². The summed E-state index contributed by atoms with van der Waals surface area (Å²) in [5, 5.41) is 2.60. The molecule has 0 saturated carbocycles. The van der Waals surface area contributed by atoms with Gasteiger partial charge in [0, 0.05) is 11.3 Å². The average molecular weight is 223 g/mol. The number of methoxy groups -OCH3 is 1. The maximum absolute atomic E-state index is 11.4. The predicted molar refractivity (Wildman–Crippen MR) is 60.8 cm³/mol. The molecular formula is C12H17NO3. The Morgan fingerprint density at radius 3 is 2.44 bits per heavy atom. The number of ketones is 1.